The van der Waals surface area contributed by atoms with E-state index < -0.39 is 21.7 Å². The Bertz CT molecular complexity index is 847. The molecule has 1 fully saturated rings. The molecule has 1 unspecified atom stereocenters. The molecule has 0 aliphatic carbocycles. The number of rotatable bonds is 6. The van der Waals surface area contributed by atoms with Crippen molar-refractivity contribution in [2.24, 2.45) is 0 Å². The molecule has 0 saturated carbocycles. The largest absolute Gasteiger partial charge is 0.374 e. The lowest BCUT2D eigenvalue weighted by Crippen LogP contribution is -2.47. The fraction of sp³-hybridized carbons (Fsp3) is 0.333. The van der Waals surface area contributed by atoms with Crippen molar-refractivity contribution in [3.05, 3.63) is 65.7 Å². The van der Waals surface area contributed by atoms with Gasteiger partial charge in [0.15, 0.2) is 11.6 Å². The van der Waals surface area contributed by atoms with Gasteiger partial charge in [0.2, 0.25) is 10.0 Å². The van der Waals surface area contributed by atoms with E-state index in [1.54, 1.807) is 0 Å². The third kappa shape index (κ3) is 4.85. The molecule has 140 valence electrons. The molecule has 1 saturated heterocycles. The maximum absolute atomic E-state index is 13.3. The zero-order chi connectivity index (χ0) is 18.6. The first-order valence-corrected chi connectivity index (χ1v) is 9.75. The van der Waals surface area contributed by atoms with Crippen molar-refractivity contribution in [3.63, 3.8) is 0 Å². The van der Waals surface area contributed by atoms with Crippen LogP contribution in [0.15, 0.2) is 53.4 Å². The van der Waals surface area contributed by atoms with Crippen LogP contribution in [0.5, 0.6) is 0 Å². The smallest absolute Gasteiger partial charge is 0.240 e. The molecule has 2 aromatic carbocycles. The van der Waals surface area contributed by atoms with E-state index in [1.807, 2.05) is 30.3 Å². The van der Waals surface area contributed by atoms with E-state index in [1.165, 1.54) is 5.56 Å². The van der Waals surface area contributed by atoms with Gasteiger partial charge in [0.1, 0.15) is 0 Å². The highest BCUT2D eigenvalue weighted by atomic mass is 32.2. The van der Waals surface area contributed by atoms with Crippen LogP contribution in [-0.2, 0) is 21.3 Å². The lowest BCUT2D eigenvalue weighted by Gasteiger charge is -2.33. The molecule has 1 atom stereocenters. The second kappa shape index (κ2) is 8.22. The van der Waals surface area contributed by atoms with Gasteiger partial charge in [-0.25, -0.2) is 21.9 Å². The first-order valence-electron chi connectivity index (χ1n) is 8.26. The number of hydrogen-bond acceptors (Lipinski definition) is 4. The minimum Gasteiger partial charge on any atom is -0.374 e. The average Bonchev–Trinajstić information content (AvgIpc) is 2.63. The third-order valence-corrected chi connectivity index (χ3v) is 5.60. The summed E-state index contributed by atoms with van der Waals surface area (Å²) in [5.74, 6) is -2.29. The second-order valence-corrected chi connectivity index (χ2v) is 7.91. The number of hydrogen-bond donors (Lipinski definition) is 1. The van der Waals surface area contributed by atoms with Crippen LogP contribution in [0.25, 0.3) is 0 Å². The summed E-state index contributed by atoms with van der Waals surface area (Å²) in [6, 6.07) is 12.5. The molecule has 3 rings (SSSR count). The standard InChI is InChI=1S/C18H20F2N2O3S/c19-17-7-6-16(10-18(17)20)26(23,24)21-11-15-13-22(8-9-25-15)12-14-4-2-1-3-5-14/h1-7,10,15,21H,8-9,11-13H2. The first-order chi connectivity index (χ1) is 12.4. The molecule has 1 aliphatic heterocycles. The molecular weight excluding hydrogens is 362 g/mol. The number of nitrogens with one attached hydrogen (secondary N) is 1. The van der Waals surface area contributed by atoms with Gasteiger partial charge in [-0.2, -0.15) is 0 Å². The van der Waals surface area contributed by atoms with Crippen LogP contribution in [0.3, 0.4) is 0 Å². The zero-order valence-corrected chi connectivity index (χ0v) is 14.9. The quantitative estimate of drug-likeness (QED) is 0.832. The number of nitrogens with zero attached hydrogens (tertiary/aromatic N) is 1. The molecule has 0 aromatic heterocycles. The number of benzene rings is 2. The Balaban J connectivity index is 1.57. The Hall–Kier alpha value is -1.87. The van der Waals surface area contributed by atoms with Crippen molar-refractivity contribution in [2.75, 3.05) is 26.2 Å². The molecule has 1 aliphatic rings. The molecule has 26 heavy (non-hydrogen) atoms. The van der Waals surface area contributed by atoms with Crippen LogP contribution in [0, 0.1) is 11.6 Å². The first kappa shape index (κ1) is 18.9. The monoisotopic (exact) mass is 382 g/mol. The zero-order valence-electron chi connectivity index (χ0n) is 14.1. The molecule has 2 aromatic rings. The highest BCUT2D eigenvalue weighted by Crippen LogP contribution is 2.15. The molecule has 5 nitrogen and oxygen atoms in total. The van der Waals surface area contributed by atoms with E-state index in [0.717, 1.165) is 25.2 Å². The summed E-state index contributed by atoms with van der Waals surface area (Å²) in [6.45, 7) is 2.67. The Morgan fingerprint density at radius 1 is 1.12 bits per heavy atom. The van der Waals surface area contributed by atoms with Crippen LogP contribution >= 0.6 is 0 Å². The van der Waals surface area contributed by atoms with Gasteiger partial charge in [-0.1, -0.05) is 30.3 Å². The summed E-state index contributed by atoms with van der Waals surface area (Å²) >= 11 is 0. The number of ether oxygens (including phenoxy) is 1. The summed E-state index contributed by atoms with van der Waals surface area (Å²) in [6.07, 6.45) is -0.312. The van der Waals surface area contributed by atoms with Crippen LogP contribution < -0.4 is 4.72 Å². The predicted octanol–water partition coefficient (Wildman–Crippen LogP) is 2.14. The minimum absolute atomic E-state index is 0.0621. The fourth-order valence-corrected chi connectivity index (χ4v) is 3.90. The summed E-state index contributed by atoms with van der Waals surface area (Å²) in [7, 11) is -3.93. The normalized spacial score (nSPS) is 18.8. The summed E-state index contributed by atoms with van der Waals surface area (Å²) < 4.78 is 58.7. The second-order valence-electron chi connectivity index (χ2n) is 6.14. The van der Waals surface area contributed by atoms with Crippen molar-refractivity contribution in [1.82, 2.24) is 9.62 Å². The Morgan fingerprint density at radius 2 is 1.88 bits per heavy atom. The maximum Gasteiger partial charge on any atom is 0.240 e. The van der Waals surface area contributed by atoms with Gasteiger partial charge in [0.05, 0.1) is 17.6 Å². The van der Waals surface area contributed by atoms with Crippen LogP contribution in [0.2, 0.25) is 0 Å². The number of morpholine rings is 1. The Morgan fingerprint density at radius 3 is 2.62 bits per heavy atom. The Labute approximate surface area is 151 Å². The highest BCUT2D eigenvalue weighted by molar-refractivity contribution is 7.89. The van der Waals surface area contributed by atoms with E-state index in [4.69, 9.17) is 4.74 Å². The van der Waals surface area contributed by atoms with Crippen LogP contribution in [-0.4, -0.2) is 45.7 Å². The molecule has 0 radical (unpaired) electrons. The van der Waals surface area contributed by atoms with Crippen molar-refractivity contribution < 1.29 is 21.9 Å². The van der Waals surface area contributed by atoms with Crippen LogP contribution in [0.1, 0.15) is 5.56 Å². The molecule has 0 bridgehead atoms. The molecule has 8 heteroatoms. The van der Waals surface area contributed by atoms with Crippen LogP contribution in [0.4, 0.5) is 8.78 Å². The van der Waals surface area contributed by atoms with E-state index in [2.05, 4.69) is 9.62 Å². The average molecular weight is 382 g/mol. The van der Waals surface area contributed by atoms with E-state index in [0.29, 0.717) is 19.2 Å². The summed E-state index contributed by atoms with van der Waals surface area (Å²) in [5, 5.41) is 0. The predicted molar refractivity (Wildman–Crippen MR) is 93.0 cm³/mol. The van der Waals surface area contributed by atoms with Gasteiger partial charge >= 0.3 is 0 Å². The van der Waals surface area contributed by atoms with Gasteiger partial charge in [0, 0.05) is 26.2 Å². The maximum atomic E-state index is 13.3. The van der Waals surface area contributed by atoms with Crippen molar-refractivity contribution in [3.8, 4) is 0 Å². The molecule has 1 N–H and O–H groups in total. The minimum atomic E-state index is -3.93. The fourth-order valence-electron chi connectivity index (χ4n) is 2.82. The summed E-state index contributed by atoms with van der Waals surface area (Å²) in [5.41, 5.74) is 1.18. The molecule has 0 spiro atoms. The van der Waals surface area contributed by atoms with E-state index in [9.17, 15) is 17.2 Å². The van der Waals surface area contributed by atoms with Gasteiger partial charge in [-0.15, -0.1) is 0 Å². The Kier molecular flexibility index (Phi) is 5.98. The van der Waals surface area contributed by atoms with E-state index >= 15 is 0 Å². The summed E-state index contributed by atoms with van der Waals surface area (Å²) in [4.78, 5) is 1.88. The van der Waals surface area contributed by atoms with Gasteiger partial charge in [0.25, 0.3) is 0 Å². The van der Waals surface area contributed by atoms with Gasteiger partial charge < -0.3 is 4.74 Å². The number of sulfonamides is 1. The molecule has 0 amide bonds. The van der Waals surface area contributed by atoms with Crippen molar-refractivity contribution in [1.29, 1.82) is 0 Å². The van der Waals surface area contributed by atoms with Gasteiger partial charge in [-0.3, -0.25) is 4.90 Å². The molecule has 1 heterocycles. The lowest BCUT2D eigenvalue weighted by atomic mass is 10.2. The van der Waals surface area contributed by atoms with Gasteiger partial charge in [-0.05, 0) is 23.8 Å². The van der Waals surface area contributed by atoms with Crippen molar-refractivity contribution >= 4 is 10.0 Å². The number of halogens is 2. The lowest BCUT2D eigenvalue weighted by molar-refractivity contribution is -0.0276. The van der Waals surface area contributed by atoms with E-state index in [-0.39, 0.29) is 17.5 Å². The highest BCUT2D eigenvalue weighted by Gasteiger charge is 2.23. The topological polar surface area (TPSA) is 58.6 Å². The molecular formula is C18H20F2N2O3S. The SMILES string of the molecule is O=S(=O)(NCC1CN(Cc2ccccc2)CCO1)c1ccc(F)c(F)c1. The van der Waals surface area contributed by atoms with Crippen molar-refractivity contribution in [2.45, 2.75) is 17.5 Å². The third-order valence-electron chi connectivity index (χ3n) is 4.17.